The number of hydrogen-bond donors (Lipinski definition) is 3. The molecule has 3 amide bonds. The zero-order valence-corrected chi connectivity index (χ0v) is 27.0. The fourth-order valence-electron chi connectivity index (χ4n) is 4.71. The van der Waals surface area contributed by atoms with Gasteiger partial charge in [-0.05, 0) is 84.3 Å². The normalized spacial score (nSPS) is 11.9. The van der Waals surface area contributed by atoms with Crippen molar-refractivity contribution in [3.05, 3.63) is 137 Å². The predicted octanol–water partition coefficient (Wildman–Crippen LogP) is 8.34. The molecule has 0 heterocycles. The lowest BCUT2D eigenvalue weighted by atomic mass is 10.0. The zero-order chi connectivity index (χ0) is 32.6. The summed E-state index contributed by atoms with van der Waals surface area (Å²) >= 11 is 7.57. The zero-order valence-electron chi connectivity index (χ0n) is 25.5. The second-order valence-electron chi connectivity index (χ2n) is 10.5. The lowest BCUT2D eigenvalue weighted by molar-refractivity contribution is -0.115. The van der Waals surface area contributed by atoms with Crippen molar-refractivity contribution in [3.63, 3.8) is 0 Å². The van der Waals surface area contributed by atoms with Gasteiger partial charge in [-0.2, -0.15) is 0 Å². The molecule has 0 aliphatic rings. The van der Waals surface area contributed by atoms with Crippen LogP contribution in [0.25, 0.3) is 16.8 Å². The first-order chi connectivity index (χ1) is 22.2. The third kappa shape index (κ3) is 7.96. The number of amides is 3. The van der Waals surface area contributed by atoms with Crippen molar-refractivity contribution in [1.29, 1.82) is 0 Å². The SMILES string of the molecule is COc1cc(Cl)c(C)cc1NC(=O)C(C)Sc1ccc(NC(=O)/C(=C/c2cccc3ccccc23)NC(=O)c2ccccc2)cc1. The molecule has 0 bridgehead atoms. The van der Waals surface area contributed by atoms with Crippen molar-refractivity contribution in [1.82, 2.24) is 5.32 Å². The standard InChI is InChI=1S/C37H32ClN3O4S/c1-23-20-32(34(45-3)22-31(23)38)40-35(42)24(2)46-29-18-16-28(17-19-29)39-37(44)33(41-36(43)26-11-5-4-6-12-26)21-27-14-9-13-25-10-7-8-15-30(25)27/h4-22,24H,1-3H3,(H,39,44)(H,40,42)(H,41,43)/b33-21-. The van der Waals surface area contributed by atoms with Gasteiger partial charge in [-0.15, -0.1) is 11.8 Å². The number of rotatable bonds is 10. The average molecular weight is 650 g/mol. The van der Waals surface area contributed by atoms with Crippen LogP contribution >= 0.6 is 23.4 Å². The van der Waals surface area contributed by atoms with Gasteiger partial charge in [0.1, 0.15) is 11.4 Å². The molecular weight excluding hydrogens is 618 g/mol. The number of ether oxygens (including phenoxy) is 1. The van der Waals surface area contributed by atoms with Crippen LogP contribution in [0.4, 0.5) is 11.4 Å². The Morgan fingerprint density at radius 2 is 1.54 bits per heavy atom. The number of benzene rings is 5. The van der Waals surface area contributed by atoms with Crippen molar-refractivity contribution in [3.8, 4) is 5.75 Å². The number of halogens is 1. The van der Waals surface area contributed by atoms with Crippen molar-refractivity contribution >= 4 is 69.3 Å². The Labute approximate surface area is 277 Å². The highest BCUT2D eigenvalue weighted by Gasteiger charge is 2.19. The number of carbonyl (C=O) groups excluding carboxylic acids is 3. The molecule has 9 heteroatoms. The highest BCUT2D eigenvalue weighted by molar-refractivity contribution is 8.00. The van der Waals surface area contributed by atoms with Crippen molar-refractivity contribution in [2.75, 3.05) is 17.7 Å². The molecule has 232 valence electrons. The van der Waals surface area contributed by atoms with Crippen LogP contribution in [0.1, 0.15) is 28.4 Å². The minimum atomic E-state index is -0.474. The van der Waals surface area contributed by atoms with Crippen LogP contribution < -0.4 is 20.7 Å². The Bertz CT molecular complexity index is 1920. The number of anilines is 2. The topological polar surface area (TPSA) is 96.5 Å². The molecule has 0 saturated carbocycles. The number of methoxy groups -OCH3 is 1. The highest BCUT2D eigenvalue weighted by Crippen LogP contribution is 2.32. The van der Waals surface area contributed by atoms with Crippen molar-refractivity contribution in [2.24, 2.45) is 0 Å². The smallest absolute Gasteiger partial charge is 0.272 e. The maximum absolute atomic E-state index is 13.6. The van der Waals surface area contributed by atoms with Crippen LogP contribution in [0, 0.1) is 6.92 Å². The number of aryl methyl sites for hydroxylation is 1. The van der Waals surface area contributed by atoms with E-state index in [0.717, 1.165) is 26.8 Å². The van der Waals surface area contributed by atoms with Crippen molar-refractivity contribution < 1.29 is 19.1 Å². The van der Waals surface area contributed by atoms with E-state index >= 15 is 0 Å². The molecule has 0 saturated heterocycles. The van der Waals surface area contributed by atoms with Crippen LogP contribution in [0.15, 0.2) is 120 Å². The Morgan fingerprint density at radius 3 is 2.28 bits per heavy atom. The van der Waals surface area contributed by atoms with Gasteiger partial charge in [0.05, 0.1) is 18.0 Å². The third-order valence-corrected chi connectivity index (χ3v) is 8.70. The van der Waals surface area contributed by atoms with Gasteiger partial charge in [-0.25, -0.2) is 0 Å². The second-order valence-corrected chi connectivity index (χ2v) is 12.3. The van der Waals surface area contributed by atoms with E-state index in [1.165, 1.54) is 18.9 Å². The van der Waals surface area contributed by atoms with Gasteiger partial charge in [0.25, 0.3) is 11.8 Å². The second kappa shape index (κ2) is 14.8. The van der Waals surface area contributed by atoms with Gasteiger partial charge in [0.15, 0.2) is 0 Å². The van der Waals surface area contributed by atoms with Gasteiger partial charge in [0.2, 0.25) is 5.91 Å². The van der Waals surface area contributed by atoms with E-state index in [1.54, 1.807) is 54.6 Å². The minimum Gasteiger partial charge on any atom is -0.495 e. The lowest BCUT2D eigenvalue weighted by Crippen LogP contribution is -2.30. The summed E-state index contributed by atoms with van der Waals surface area (Å²) < 4.78 is 5.37. The molecule has 46 heavy (non-hydrogen) atoms. The van der Waals surface area contributed by atoms with E-state index in [9.17, 15) is 14.4 Å². The first kappa shape index (κ1) is 32.3. The molecule has 3 N–H and O–H groups in total. The van der Waals surface area contributed by atoms with Crippen LogP contribution in [0.2, 0.25) is 5.02 Å². The van der Waals surface area contributed by atoms with E-state index in [0.29, 0.717) is 27.7 Å². The molecule has 0 aliphatic heterocycles. The lowest BCUT2D eigenvalue weighted by Gasteiger charge is -2.16. The van der Waals surface area contributed by atoms with Gasteiger partial charge in [-0.1, -0.05) is 72.3 Å². The summed E-state index contributed by atoms with van der Waals surface area (Å²) in [5, 5.41) is 10.7. The van der Waals surface area contributed by atoms with E-state index < -0.39 is 17.1 Å². The summed E-state index contributed by atoms with van der Waals surface area (Å²) in [5.41, 5.74) is 3.23. The molecule has 1 unspecified atom stereocenters. The Morgan fingerprint density at radius 1 is 0.848 bits per heavy atom. The molecular formula is C37H32ClN3O4S. The summed E-state index contributed by atoms with van der Waals surface area (Å²) in [6.45, 7) is 3.67. The Kier molecular flexibility index (Phi) is 10.4. The number of hydrogen-bond acceptors (Lipinski definition) is 5. The van der Waals surface area contributed by atoms with Gasteiger partial charge in [-0.3, -0.25) is 14.4 Å². The molecule has 5 aromatic carbocycles. The molecule has 0 fully saturated rings. The monoisotopic (exact) mass is 649 g/mol. The molecule has 0 aromatic heterocycles. The molecule has 0 aliphatic carbocycles. The average Bonchev–Trinajstić information content (AvgIpc) is 3.07. The Balaban J connectivity index is 1.30. The number of carbonyl (C=O) groups is 3. The van der Waals surface area contributed by atoms with Crippen LogP contribution in [0.5, 0.6) is 5.75 Å². The van der Waals surface area contributed by atoms with Gasteiger partial charge >= 0.3 is 0 Å². The molecule has 5 aromatic rings. The summed E-state index contributed by atoms with van der Waals surface area (Å²) in [5.74, 6) is -0.583. The molecule has 5 rings (SSSR count). The largest absolute Gasteiger partial charge is 0.495 e. The van der Waals surface area contributed by atoms with Crippen LogP contribution in [-0.2, 0) is 9.59 Å². The maximum Gasteiger partial charge on any atom is 0.272 e. The molecule has 0 radical (unpaired) electrons. The van der Waals surface area contributed by atoms with Crippen LogP contribution in [-0.4, -0.2) is 30.1 Å². The van der Waals surface area contributed by atoms with E-state index in [4.69, 9.17) is 16.3 Å². The van der Waals surface area contributed by atoms with Gasteiger partial charge < -0.3 is 20.7 Å². The Hall–Kier alpha value is -5.05. The fourth-order valence-corrected chi connectivity index (χ4v) is 5.73. The van der Waals surface area contributed by atoms with Crippen molar-refractivity contribution in [2.45, 2.75) is 24.0 Å². The van der Waals surface area contributed by atoms with E-state index in [-0.39, 0.29) is 11.6 Å². The first-order valence-corrected chi connectivity index (χ1v) is 15.8. The molecule has 1 atom stereocenters. The highest BCUT2D eigenvalue weighted by atomic mass is 35.5. The summed E-state index contributed by atoms with van der Waals surface area (Å²) in [6.07, 6.45) is 1.68. The number of fused-ring (bicyclic) bond motifs is 1. The number of thioether (sulfide) groups is 1. The maximum atomic E-state index is 13.6. The van der Waals surface area contributed by atoms with E-state index in [1.807, 2.05) is 74.5 Å². The summed E-state index contributed by atoms with van der Waals surface area (Å²) in [4.78, 5) is 40.5. The first-order valence-electron chi connectivity index (χ1n) is 14.5. The third-order valence-electron chi connectivity index (χ3n) is 7.18. The quantitative estimate of drug-likeness (QED) is 0.104. The number of nitrogens with one attached hydrogen (secondary N) is 3. The van der Waals surface area contributed by atoms with Gasteiger partial charge in [0, 0.05) is 27.2 Å². The predicted molar refractivity (Wildman–Crippen MR) is 188 cm³/mol. The summed E-state index contributed by atoms with van der Waals surface area (Å²) in [6, 6.07) is 33.0. The van der Waals surface area contributed by atoms with E-state index in [2.05, 4.69) is 16.0 Å². The fraction of sp³-hybridized carbons (Fsp3) is 0.108. The summed E-state index contributed by atoms with van der Waals surface area (Å²) in [7, 11) is 1.52. The van der Waals surface area contributed by atoms with Crippen LogP contribution in [0.3, 0.4) is 0 Å². The minimum absolute atomic E-state index is 0.0989. The molecule has 0 spiro atoms. The molecule has 7 nitrogen and oxygen atoms in total.